The van der Waals surface area contributed by atoms with Crippen molar-refractivity contribution in [3.8, 4) is 5.75 Å². The number of hydrogen-bond acceptors (Lipinski definition) is 4. The van der Waals surface area contributed by atoms with E-state index < -0.39 is 5.41 Å². The number of carbonyl (C=O) groups is 2. The maximum absolute atomic E-state index is 13.1. The summed E-state index contributed by atoms with van der Waals surface area (Å²) in [4.78, 5) is 24.8. The number of para-hydroxylation sites is 1. The molecule has 4 saturated carbocycles. The SMILES string of the molecule is CC(=O)NC12CC3CC(C1)CC(C(=O)OCCOc1c(C)cccc1C)(C3)C2. The van der Waals surface area contributed by atoms with Crippen LogP contribution >= 0.6 is 0 Å². The molecule has 0 radical (unpaired) electrons. The van der Waals surface area contributed by atoms with Crippen molar-refractivity contribution in [2.75, 3.05) is 13.2 Å². The monoisotopic (exact) mass is 385 g/mol. The minimum atomic E-state index is -0.425. The molecule has 0 aliphatic heterocycles. The van der Waals surface area contributed by atoms with Gasteiger partial charge in [0.25, 0.3) is 0 Å². The number of benzene rings is 1. The molecule has 4 aliphatic rings. The first-order valence-electron chi connectivity index (χ1n) is 10.5. The van der Waals surface area contributed by atoms with Crippen LogP contribution < -0.4 is 10.1 Å². The molecule has 28 heavy (non-hydrogen) atoms. The van der Waals surface area contributed by atoms with Gasteiger partial charge in [0.1, 0.15) is 19.0 Å². The summed E-state index contributed by atoms with van der Waals surface area (Å²) in [6.07, 6.45) is 5.74. The maximum Gasteiger partial charge on any atom is 0.312 e. The van der Waals surface area contributed by atoms with Crippen molar-refractivity contribution in [1.29, 1.82) is 0 Å². The van der Waals surface area contributed by atoms with E-state index in [0.717, 1.165) is 49.0 Å². The third kappa shape index (κ3) is 3.51. The second-order valence-corrected chi connectivity index (χ2v) is 9.41. The summed E-state index contributed by atoms with van der Waals surface area (Å²) in [5, 5.41) is 3.20. The van der Waals surface area contributed by atoms with E-state index in [9.17, 15) is 9.59 Å². The molecule has 2 unspecified atom stereocenters. The van der Waals surface area contributed by atoms with Crippen LogP contribution in [0.3, 0.4) is 0 Å². The zero-order chi connectivity index (χ0) is 19.9. The van der Waals surface area contributed by atoms with E-state index in [1.165, 1.54) is 6.42 Å². The first-order valence-corrected chi connectivity index (χ1v) is 10.5. The molecule has 1 amide bonds. The molecule has 5 rings (SSSR count). The van der Waals surface area contributed by atoms with Gasteiger partial charge >= 0.3 is 5.97 Å². The van der Waals surface area contributed by atoms with Crippen molar-refractivity contribution in [1.82, 2.24) is 5.32 Å². The number of nitrogens with one attached hydrogen (secondary N) is 1. The quantitative estimate of drug-likeness (QED) is 0.599. The second-order valence-electron chi connectivity index (χ2n) is 9.41. The van der Waals surface area contributed by atoms with Gasteiger partial charge < -0.3 is 14.8 Å². The Morgan fingerprint density at radius 3 is 2.32 bits per heavy atom. The average Bonchev–Trinajstić information content (AvgIpc) is 2.58. The molecule has 5 nitrogen and oxygen atoms in total. The molecule has 2 atom stereocenters. The van der Waals surface area contributed by atoms with Gasteiger partial charge in [0.2, 0.25) is 5.91 Å². The van der Waals surface area contributed by atoms with Crippen LogP contribution in [-0.4, -0.2) is 30.6 Å². The zero-order valence-electron chi connectivity index (χ0n) is 17.2. The molecule has 0 spiro atoms. The van der Waals surface area contributed by atoms with Crippen LogP contribution in [0.5, 0.6) is 5.75 Å². The summed E-state index contributed by atoms with van der Waals surface area (Å²) in [6.45, 7) is 6.24. The molecular weight excluding hydrogens is 354 g/mol. The topological polar surface area (TPSA) is 64.6 Å². The van der Waals surface area contributed by atoms with E-state index in [1.54, 1.807) is 6.92 Å². The van der Waals surface area contributed by atoms with E-state index in [-0.39, 0.29) is 24.0 Å². The molecule has 4 aliphatic carbocycles. The van der Waals surface area contributed by atoms with Crippen molar-refractivity contribution in [2.45, 2.75) is 64.8 Å². The standard InChI is InChI=1S/C23H31NO4/c1-15-5-4-6-16(2)20(15)27-7-8-28-21(26)22-10-18-9-19(11-22)13-23(12-18,14-22)24-17(3)25/h4-6,18-19H,7-14H2,1-3H3,(H,24,25). The summed E-state index contributed by atoms with van der Waals surface area (Å²) in [5.74, 6) is 1.82. The number of esters is 1. The number of aryl methyl sites for hydroxylation is 2. The van der Waals surface area contributed by atoms with Crippen LogP contribution in [0.4, 0.5) is 0 Å². The fourth-order valence-corrected chi connectivity index (χ4v) is 6.48. The van der Waals surface area contributed by atoms with Crippen molar-refractivity contribution in [3.05, 3.63) is 29.3 Å². The molecule has 1 aromatic rings. The summed E-state index contributed by atoms with van der Waals surface area (Å²) < 4.78 is 11.6. The van der Waals surface area contributed by atoms with Gasteiger partial charge in [-0.05, 0) is 75.3 Å². The second kappa shape index (κ2) is 7.09. The summed E-state index contributed by atoms with van der Waals surface area (Å²) in [7, 11) is 0. The summed E-state index contributed by atoms with van der Waals surface area (Å²) in [6, 6.07) is 6.05. The van der Waals surface area contributed by atoms with Crippen molar-refractivity contribution < 1.29 is 19.1 Å². The molecule has 0 aromatic heterocycles. The van der Waals surface area contributed by atoms with Gasteiger partial charge in [-0.1, -0.05) is 18.2 Å². The molecule has 0 heterocycles. The van der Waals surface area contributed by atoms with E-state index in [2.05, 4.69) is 5.32 Å². The Morgan fingerprint density at radius 2 is 1.71 bits per heavy atom. The normalized spacial score (nSPS) is 32.8. The summed E-state index contributed by atoms with van der Waals surface area (Å²) >= 11 is 0. The van der Waals surface area contributed by atoms with Crippen LogP contribution in [0.25, 0.3) is 0 Å². The highest BCUT2D eigenvalue weighted by molar-refractivity contribution is 5.79. The van der Waals surface area contributed by atoms with Crippen LogP contribution in [0.15, 0.2) is 18.2 Å². The molecule has 1 N–H and O–H groups in total. The first kappa shape index (κ1) is 19.3. The molecule has 152 valence electrons. The molecule has 4 fully saturated rings. The minimum absolute atomic E-state index is 0.00691. The molecular formula is C23H31NO4. The highest BCUT2D eigenvalue weighted by Gasteiger charge is 2.61. The predicted octanol–water partition coefficient (Wildman–Crippen LogP) is 3.70. The van der Waals surface area contributed by atoms with Gasteiger partial charge in [-0.15, -0.1) is 0 Å². The van der Waals surface area contributed by atoms with E-state index in [0.29, 0.717) is 18.4 Å². The van der Waals surface area contributed by atoms with Gasteiger partial charge in [0.15, 0.2) is 0 Å². The fraction of sp³-hybridized carbons (Fsp3) is 0.652. The van der Waals surface area contributed by atoms with Crippen molar-refractivity contribution >= 4 is 11.9 Å². The van der Waals surface area contributed by atoms with Gasteiger partial charge in [-0.3, -0.25) is 9.59 Å². The Morgan fingerprint density at radius 1 is 1.07 bits per heavy atom. The Kier molecular flexibility index (Phi) is 4.88. The molecule has 5 heteroatoms. The molecule has 0 saturated heterocycles. The van der Waals surface area contributed by atoms with Gasteiger partial charge in [-0.25, -0.2) is 0 Å². The van der Waals surface area contributed by atoms with Gasteiger partial charge in [-0.2, -0.15) is 0 Å². The van der Waals surface area contributed by atoms with E-state index in [4.69, 9.17) is 9.47 Å². The van der Waals surface area contributed by atoms with Crippen LogP contribution in [0.2, 0.25) is 0 Å². The van der Waals surface area contributed by atoms with Crippen molar-refractivity contribution in [3.63, 3.8) is 0 Å². The fourth-order valence-electron chi connectivity index (χ4n) is 6.48. The lowest BCUT2D eigenvalue weighted by molar-refractivity contribution is -0.176. The number of hydrogen-bond donors (Lipinski definition) is 1. The lowest BCUT2D eigenvalue weighted by atomic mass is 9.47. The third-order valence-electron chi connectivity index (χ3n) is 6.91. The number of amides is 1. The molecule has 1 aromatic carbocycles. The Labute approximate surface area is 167 Å². The number of carbonyl (C=O) groups excluding carboxylic acids is 2. The highest BCUT2D eigenvalue weighted by Crippen LogP contribution is 2.62. The lowest BCUT2D eigenvalue weighted by Gasteiger charge is -2.60. The largest absolute Gasteiger partial charge is 0.489 e. The van der Waals surface area contributed by atoms with Crippen LogP contribution in [0.1, 0.15) is 56.6 Å². The van der Waals surface area contributed by atoms with Crippen LogP contribution in [0, 0.1) is 31.1 Å². The highest BCUT2D eigenvalue weighted by atomic mass is 16.6. The molecule has 4 bridgehead atoms. The lowest BCUT2D eigenvalue weighted by Crippen LogP contribution is -2.64. The Bertz CT molecular complexity index is 753. The van der Waals surface area contributed by atoms with Gasteiger partial charge in [0, 0.05) is 12.5 Å². The van der Waals surface area contributed by atoms with E-state index >= 15 is 0 Å². The Hall–Kier alpha value is -2.04. The van der Waals surface area contributed by atoms with Crippen molar-refractivity contribution in [2.24, 2.45) is 17.3 Å². The van der Waals surface area contributed by atoms with Gasteiger partial charge in [0.05, 0.1) is 5.41 Å². The third-order valence-corrected chi connectivity index (χ3v) is 6.91. The number of ether oxygens (including phenoxy) is 2. The summed E-state index contributed by atoms with van der Waals surface area (Å²) in [5.41, 5.74) is 1.55. The first-order chi connectivity index (χ1) is 13.3. The average molecular weight is 386 g/mol. The van der Waals surface area contributed by atoms with E-state index in [1.807, 2.05) is 32.0 Å². The minimum Gasteiger partial charge on any atom is -0.489 e. The predicted molar refractivity (Wildman–Crippen MR) is 106 cm³/mol. The smallest absolute Gasteiger partial charge is 0.312 e. The number of rotatable bonds is 6. The zero-order valence-corrected chi connectivity index (χ0v) is 17.2. The van der Waals surface area contributed by atoms with Crippen LogP contribution in [-0.2, 0) is 14.3 Å². The maximum atomic E-state index is 13.1. The Balaban J connectivity index is 1.37.